The van der Waals surface area contributed by atoms with Crippen LogP contribution in [-0.4, -0.2) is 25.6 Å². The molecule has 1 rings (SSSR count). The number of nitrogens with one attached hydrogen (secondary N) is 1. The lowest BCUT2D eigenvalue weighted by atomic mass is 10.7. The van der Waals surface area contributed by atoms with Crippen LogP contribution in [-0.2, 0) is 21.5 Å². The summed E-state index contributed by atoms with van der Waals surface area (Å²) in [5.74, 6) is 4.35. The van der Waals surface area contributed by atoms with Crippen LogP contribution in [0.1, 0.15) is 0 Å². The van der Waals surface area contributed by atoms with Crippen molar-refractivity contribution in [1.29, 1.82) is 0 Å². The minimum atomic E-state index is -1.34. The Labute approximate surface area is 87.8 Å². The zero-order chi connectivity index (χ0) is 10.6. The first-order valence-electron chi connectivity index (χ1n) is 3.64. The Hall–Kier alpha value is -0.920. The molecule has 14 heavy (non-hydrogen) atoms. The van der Waals surface area contributed by atoms with E-state index in [0.29, 0.717) is 5.02 Å². The molecule has 0 radical (unpaired) electrons. The van der Waals surface area contributed by atoms with Crippen molar-refractivity contribution < 1.29 is 9.00 Å². The Morgan fingerprint density at radius 1 is 1.79 bits per heavy atom. The number of hydrogen-bond donors (Lipinski definition) is 2. The predicted molar refractivity (Wildman–Crippen MR) is 52.6 cm³/mol. The molecule has 0 unspecified atom stereocenters. The predicted octanol–water partition coefficient (Wildman–Crippen LogP) is -0.767. The van der Waals surface area contributed by atoms with E-state index >= 15 is 0 Å². The van der Waals surface area contributed by atoms with Crippen LogP contribution < -0.4 is 11.3 Å². The normalized spacial score (nSPS) is 12.4. The molecule has 0 aliphatic heterocycles. The summed E-state index contributed by atoms with van der Waals surface area (Å²) in [5, 5.41) is 4.28. The van der Waals surface area contributed by atoms with E-state index in [1.165, 1.54) is 17.1 Å². The Morgan fingerprint density at radius 3 is 3.00 bits per heavy atom. The van der Waals surface area contributed by atoms with Gasteiger partial charge in [-0.1, -0.05) is 11.6 Å². The summed E-state index contributed by atoms with van der Waals surface area (Å²) in [6.45, 7) is 0. The van der Waals surface area contributed by atoms with Gasteiger partial charge in [0, 0.05) is 6.20 Å². The summed E-state index contributed by atoms with van der Waals surface area (Å²) in [6.07, 6.45) is 2.96. The second-order valence-corrected chi connectivity index (χ2v) is 4.34. The molecule has 1 amide bonds. The number of hydrazine groups is 1. The van der Waals surface area contributed by atoms with E-state index in [-0.39, 0.29) is 11.6 Å². The van der Waals surface area contributed by atoms with Gasteiger partial charge in [-0.25, -0.2) is 5.84 Å². The molecule has 8 heteroatoms. The minimum Gasteiger partial charge on any atom is -0.293 e. The van der Waals surface area contributed by atoms with Gasteiger partial charge in [0.15, 0.2) is 0 Å². The molecule has 0 saturated heterocycles. The van der Waals surface area contributed by atoms with Crippen molar-refractivity contribution in [3.05, 3.63) is 17.4 Å². The zero-order valence-corrected chi connectivity index (χ0v) is 8.72. The summed E-state index contributed by atoms with van der Waals surface area (Å²) in [6, 6.07) is 0. The number of carbonyl (C=O) groups excluding carboxylic acids is 1. The van der Waals surface area contributed by atoms with Crippen molar-refractivity contribution in [3.63, 3.8) is 0 Å². The van der Waals surface area contributed by atoms with Crippen molar-refractivity contribution in [2.24, 2.45) is 5.84 Å². The fraction of sp³-hybridized carbons (Fsp3) is 0.333. The van der Waals surface area contributed by atoms with Gasteiger partial charge in [0.05, 0.1) is 22.0 Å². The molecule has 1 atom stereocenters. The molecular formula is C6H9ClN4O2S. The fourth-order valence-electron chi connectivity index (χ4n) is 0.790. The Bertz CT molecular complexity index is 353. The molecule has 6 nitrogen and oxygen atoms in total. The maximum atomic E-state index is 11.3. The van der Waals surface area contributed by atoms with E-state index in [9.17, 15) is 9.00 Å². The summed E-state index contributed by atoms with van der Waals surface area (Å²) < 4.78 is 12.7. The number of halogens is 1. The molecule has 0 aliphatic rings. The molecule has 1 aromatic heterocycles. The number of hydrogen-bond acceptors (Lipinski definition) is 4. The highest BCUT2D eigenvalue weighted by Crippen LogP contribution is 2.04. The number of aromatic nitrogens is 2. The highest BCUT2D eigenvalue weighted by molar-refractivity contribution is 7.84. The average molecular weight is 237 g/mol. The van der Waals surface area contributed by atoms with Crippen molar-refractivity contribution in [3.8, 4) is 0 Å². The van der Waals surface area contributed by atoms with Gasteiger partial charge in [0.25, 0.3) is 0 Å². The third-order valence-electron chi connectivity index (χ3n) is 1.33. The summed E-state index contributed by atoms with van der Waals surface area (Å²) in [5.41, 5.74) is 1.90. The summed E-state index contributed by atoms with van der Waals surface area (Å²) in [7, 11) is -1.34. The van der Waals surface area contributed by atoms with Gasteiger partial charge >= 0.3 is 0 Å². The standard InChI is InChI=1S/C6H9ClN4O2S/c7-5-1-9-11(2-5)4-14(13)3-6(12)10-8/h1-2H,3-4,8H2,(H,10,12)/t14-/m1/s1. The van der Waals surface area contributed by atoms with Crippen molar-refractivity contribution in [2.75, 3.05) is 5.75 Å². The molecule has 1 aromatic rings. The first-order chi connectivity index (χ1) is 6.61. The van der Waals surface area contributed by atoms with Gasteiger partial charge in [-0.15, -0.1) is 0 Å². The minimum absolute atomic E-state index is 0.125. The molecule has 0 bridgehead atoms. The highest BCUT2D eigenvalue weighted by atomic mass is 35.5. The second kappa shape index (κ2) is 5.08. The number of amides is 1. The number of nitrogens with two attached hydrogens (primary N) is 1. The maximum absolute atomic E-state index is 11.3. The third kappa shape index (κ3) is 3.44. The van der Waals surface area contributed by atoms with Crippen LogP contribution in [0, 0.1) is 0 Å². The SMILES string of the molecule is NNC(=O)C[S@@](=O)Cn1cc(Cl)cn1. The van der Waals surface area contributed by atoms with Crippen molar-refractivity contribution in [2.45, 2.75) is 5.88 Å². The van der Waals surface area contributed by atoms with E-state index in [4.69, 9.17) is 17.4 Å². The first kappa shape index (κ1) is 11.2. The Kier molecular flexibility index (Phi) is 4.05. The lowest BCUT2D eigenvalue weighted by Gasteiger charge is -2.00. The maximum Gasteiger partial charge on any atom is 0.246 e. The number of nitrogens with zero attached hydrogens (tertiary/aromatic N) is 2. The van der Waals surface area contributed by atoms with Crippen LogP contribution in [0.4, 0.5) is 0 Å². The van der Waals surface area contributed by atoms with Gasteiger partial charge in [-0.2, -0.15) is 5.10 Å². The van der Waals surface area contributed by atoms with E-state index in [2.05, 4.69) is 5.10 Å². The monoisotopic (exact) mass is 236 g/mol. The zero-order valence-electron chi connectivity index (χ0n) is 7.14. The first-order valence-corrected chi connectivity index (χ1v) is 5.51. The molecule has 1 heterocycles. The molecule has 3 N–H and O–H groups in total. The number of carbonyl (C=O) groups is 1. The van der Waals surface area contributed by atoms with Crippen molar-refractivity contribution >= 4 is 28.3 Å². The largest absolute Gasteiger partial charge is 0.293 e. The summed E-state index contributed by atoms with van der Waals surface area (Å²) >= 11 is 5.60. The van der Waals surface area contributed by atoms with Gasteiger partial charge in [0.2, 0.25) is 5.91 Å². The van der Waals surface area contributed by atoms with Crippen LogP contribution >= 0.6 is 11.6 Å². The molecule has 0 aliphatic carbocycles. The van der Waals surface area contributed by atoms with Crippen LogP contribution in [0.2, 0.25) is 5.02 Å². The van der Waals surface area contributed by atoms with Gasteiger partial charge in [-0.05, 0) is 0 Å². The third-order valence-corrected chi connectivity index (χ3v) is 2.66. The van der Waals surface area contributed by atoms with Crippen LogP contribution in [0.5, 0.6) is 0 Å². The summed E-state index contributed by atoms with van der Waals surface area (Å²) in [4.78, 5) is 10.7. The second-order valence-electron chi connectivity index (χ2n) is 2.48. The quantitative estimate of drug-likeness (QED) is 0.408. The van der Waals surface area contributed by atoms with E-state index in [0.717, 1.165) is 0 Å². The van der Waals surface area contributed by atoms with E-state index in [1.807, 2.05) is 5.43 Å². The van der Waals surface area contributed by atoms with Gasteiger partial charge < -0.3 is 0 Å². The number of rotatable bonds is 4. The van der Waals surface area contributed by atoms with Crippen molar-refractivity contribution in [1.82, 2.24) is 15.2 Å². The van der Waals surface area contributed by atoms with Gasteiger partial charge in [0.1, 0.15) is 11.6 Å². The lowest BCUT2D eigenvalue weighted by molar-refractivity contribution is -0.118. The molecule has 0 aromatic carbocycles. The average Bonchev–Trinajstić information content (AvgIpc) is 2.50. The molecule has 0 fully saturated rings. The van der Waals surface area contributed by atoms with Crippen LogP contribution in [0.3, 0.4) is 0 Å². The Morgan fingerprint density at radius 2 is 2.50 bits per heavy atom. The van der Waals surface area contributed by atoms with E-state index < -0.39 is 16.7 Å². The topological polar surface area (TPSA) is 90.0 Å². The molecule has 0 saturated carbocycles. The Balaban J connectivity index is 2.45. The molecule has 78 valence electrons. The lowest BCUT2D eigenvalue weighted by Crippen LogP contribution is -2.34. The van der Waals surface area contributed by atoms with Crippen LogP contribution in [0.25, 0.3) is 0 Å². The van der Waals surface area contributed by atoms with Crippen LogP contribution in [0.15, 0.2) is 12.4 Å². The molecule has 0 spiro atoms. The molecular weight excluding hydrogens is 228 g/mol. The van der Waals surface area contributed by atoms with Gasteiger partial charge in [-0.3, -0.25) is 19.1 Å². The smallest absolute Gasteiger partial charge is 0.246 e. The van der Waals surface area contributed by atoms with E-state index in [1.54, 1.807) is 0 Å². The highest BCUT2D eigenvalue weighted by Gasteiger charge is 2.07. The fourth-order valence-corrected chi connectivity index (χ4v) is 1.85.